The third-order valence-electron chi connectivity index (χ3n) is 4.72. The van der Waals surface area contributed by atoms with Gasteiger partial charge in [-0.2, -0.15) is 0 Å². The fourth-order valence-electron chi connectivity index (χ4n) is 3.16. The van der Waals surface area contributed by atoms with Crippen LogP contribution in [0, 0.1) is 6.92 Å². The third-order valence-corrected chi connectivity index (χ3v) is 4.72. The molecule has 0 aliphatic carbocycles. The van der Waals surface area contributed by atoms with Crippen LogP contribution in [0.5, 0.6) is 5.75 Å². The number of rotatable bonds is 9. The number of ether oxygens (including phenoxy) is 1. The molecule has 3 aromatic rings. The van der Waals surface area contributed by atoms with Gasteiger partial charge in [-0.05, 0) is 57.0 Å². The van der Waals surface area contributed by atoms with Crippen LogP contribution in [-0.2, 0) is 6.54 Å². The van der Waals surface area contributed by atoms with Crippen molar-refractivity contribution in [3.63, 3.8) is 0 Å². The Hall–Kier alpha value is -2.66. The summed E-state index contributed by atoms with van der Waals surface area (Å²) in [5.41, 5.74) is 1.78. The number of imidazole rings is 1. The Morgan fingerprint density at radius 2 is 2.00 bits per heavy atom. The van der Waals surface area contributed by atoms with Gasteiger partial charge in [0.05, 0.1) is 18.8 Å². The molecule has 0 saturated carbocycles. The van der Waals surface area contributed by atoms with Gasteiger partial charge in [0, 0.05) is 31.7 Å². The summed E-state index contributed by atoms with van der Waals surface area (Å²) in [6, 6.07) is 11.5. The predicted molar refractivity (Wildman–Crippen MR) is 141 cm³/mol. The van der Waals surface area contributed by atoms with Gasteiger partial charge in [0.15, 0.2) is 5.96 Å². The molecule has 0 radical (unpaired) electrons. The third kappa shape index (κ3) is 8.01. The van der Waals surface area contributed by atoms with E-state index in [2.05, 4.69) is 25.6 Å². The van der Waals surface area contributed by atoms with E-state index in [9.17, 15) is 5.11 Å². The zero-order valence-corrected chi connectivity index (χ0v) is 21.9. The summed E-state index contributed by atoms with van der Waals surface area (Å²) in [6.07, 6.45) is 4.86. The highest BCUT2D eigenvalue weighted by molar-refractivity contribution is 14.0. The molecule has 1 atom stereocenters. The SMILES string of the molecule is CCNC(=NCc1ccc(-n2ccnc2C)nc1)NCC(O)c1cccc(OC(C)C)c1.I. The highest BCUT2D eigenvalue weighted by Gasteiger charge is 2.10. The van der Waals surface area contributed by atoms with E-state index in [1.54, 1.807) is 6.20 Å². The Kier molecular flexibility index (Phi) is 10.6. The quantitative estimate of drug-likeness (QED) is 0.208. The number of nitrogens with zero attached hydrogens (tertiary/aromatic N) is 4. The summed E-state index contributed by atoms with van der Waals surface area (Å²) in [4.78, 5) is 13.4. The van der Waals surface area contributed by atoms with Gasteiger partial charge >= 0.3 is 0 Å². The van der Waals surface area contributed by atoms with Gasteiger partial charge in [0.1, 0.15) is 17.4 Å². The molecule has 1 unspecified atom stereocenters. The van der Waals surface area contributed by atoms with Crippen molar-refractivity contribution in [3.05, 3.63) is 71.9 Å². The van der Waals surface area contributed by atoms with Gasteiger partial charge in [-0.3, -0.25) is 4.57 Å². The van der Waals surface area contributed by atoms with Crippen molar-refractivity contribution in [2.75, 3.05) is 13.1 Å². The molecule has 0 amide bonds. The topological polar surface area (TPSA) is 96.6 Å². The highest BCUT2D eigenvalue weighted by atomic mass is 127. The van der Waals surface area contributed by atoms with Crippen molar-refractivity contribution in [1.29, 1.82) is 0 Å². The van der Waals surface area contributed by atoms with Crippen molar-refractivity contribution in [1.82, 2.24) is 25.2 Å². The molecule has 0 spiro atoms. The summed E-state index contributed by atoms with van der Waals surface area (Å²) in [6.45, 7) is 9.42. The van der Waals surface area contributed by atoms with Crippen molar-refractivity contribution in [2.24, 2.45) is 4.99 Å². The van der Waals surface area contributed by atoms with E-state index >= 15 is 0 Å². The van der Waals surface area contributed by atoms with Gasteiger partial charge in [-0.15, -0.1) is 24.0 Å². The first-order valence-electron chi connectivity index (χ1n) is 10.9. The molecule has 0 saturated heterocycles. The molecular weight excluding hydrogens is 531 g/mol. The first-order valence-corrected chi connectivity index (χ1v) is 10.9. The first-order chi connectivity index (χ1) is 15.5. The number of pyridine rings is 1. The van der Waals surface area contributed by atoms with Crippen LogP contribution in [0.2, 0.25) is 0 Å². The molecule has 8 nitrogen and oxygen atoms in total. The van der Waals surface area contributed by atoms with E-state index in [1.807, 2.05) is 81.1 Å². The second-order valence-corrected chi connectivity index (χ2v) is 7.70. The van der Waals surface area contributed by atoms with Crippen molar-refractivity contribution in [3.8, 4) is 11.6 Å². The van der Waals surface area contributed by atoms with Crippen LogP contribution >= 0.6 is 24.0 Å². The van der Waals surface area contributed by atoms with Gasteiger partial charge in [0.25, 0.3) is 0 Å². The van der Waals surface area contributed by atoms with Crippen LogP contribution < -0.4 is 15.4 Å². The standard InChI is InChI=1S/C24H32N6O2.HI/c1-5-25-24(29-16-22(31)20-7-6-8-21(13-20)32-17(2)3)28-15-19-9-10-23(27-14-19)30-12-11-26-18(30)4;/h6-14,17,22,31H,5,15-16H2,1-4H3,(H2,25,28,29);1H. The monoisotopic (exact) mass is 564 g/mol. The minimum atomic E-state index is -0.686. The first kappa shape index (κ1) is 26.6. The van der Waals surface area contributed by atoms with Crippen LogP contribution in [-0.4, -0.2) is 44.8 Å². The normalized spacial score (nSPS) is 12.2. The lowest BCUT2D eigenvalue weighted by Crippen LogP contribution is -2.39. The largest absolute Gasteiger partial charge is 0.491 e. The van der Waals surface area contributed by atoms with Crippen LogP contribution in [0.25, 0.3) is 5.82 Å². The van der Waals surface area contributed by atoms with Crippen LogP contribution in [0.15, 0.2) is 60.0 Å². The maximum Gasteiger partial charge on any atom is 0.191 e. The molecular formula is C24H33IN6O2. The number of aliphatic hydroxyl groups excluding tert-OH is 1. The van der Waals surface area contributed by atoms with E-state index in [0.717, 1.165) is 35.1 Å². The Morgan fingerprint density at radius 1 is 1.18 bits per heavy atom. The molecule has 9 heteroatoms. The molecule has 0 fully saturated rings. The number of aromatic nitrogens is 3. The van der Waals surface area contributed by atoms with E-state index in [0.29, 0.717) is 19.0 Å². The zero-order chi connectivity index (χ0) is 22.9. The number of benzene rings is 1. The average Bonchev–Trinajstić information content (AvgIpc) is 3.21. The summed E-state index contributed by atoms with van der Waals surface area (Å²) < 4.78 is 7.65. The Labute approximate surface area is 212 Å². The molecule has 33 heavy (non-hydrogen) atoms. The Balaban J connectivity index is 0.00000385. The lowest BCUT2D eigenvalue weighted by molar-refractivity contribution is 0.179. The number of hydrogen-bond acceptors (Lipinski definition) is 5. The summed E-state index contributed by atoms with van der Waals surface area (Å²) in [5.74, 6) is 3.10. The molecule has 0 aliphatic rings. The number of hydrogen-bond donors (Lipinski definition) is 3. The van der Waals surface area contributed by atoms with Crippen LogP contribution in [0.3, 0.4) is 0 Å². The van der Waals surface area contributed by atoms with Crippen LogP contribution in [0.4, 0.5) is 0 Å². The maximum atomic E-state index is 10.6. The zero-order valence-electron chi connectivity index (χ0n) is 19.5. The maximum absolute atomic E-state index is 10.6. The number of aryl methyl sites for hydroxylation is 1. The summed E-state index contributed by atoms with van der Waals surface area (Å²) in [5, 5.41) is 17.0. The van der Waals surface area contributed by atoms with Crippen molar-refractivity contribution < 1.29 is 9.84 Å². The number of nitrogens with one attached hydrogen (secondary N) is 2. The minimum Gasteiger partial charge on any atom is -0.491 e. The van der Waals surface area contributed by atoms with Crippen molar-refractivity contribution in [2.45, 2.75) is 46.4 Å². The smallest absolute Gasteiger partial charge is 0.191 e. The summed E-state index contributed by atoms with van der Waals surface area (Å²) >= 11 is 0. The van der Waals surface area contributed by atoms with E-state index in [1.165, 1.54) is 0 Å². The minimum absolute atomic E-state index is 0. The van der Waals surface area contributed by atoms with E-state index in [4.69, 9.17) is 4.74 Å². The molecule has 2 aromatic heterocycles. The van der Waals surface area contributed by atoms with Crippen molar-refractivity contribution >= 4 is 29.9 Å². The Bertz CT molecular complexity index is 1020. The molecule has 0 bridgehead atoms. The molecule has 0 aliphatic heterocycles. The lowest BCUT2D eigenvalue weighted by Gasteiger charge is -2.17. The van der Waals surface area contributed by atoms with Gasteiger partial charge in [-0.1, -0.05) is 18.2 Å². The molecule has 178 valence electrons. The average molecular weight is 564 g/mol. The lowest BCUT2D eigenvalue weighted by atomic mass is 10.1. The molecule has 3 N–H and O–H groups in total. The number of aliphatic hydroxyl groups is 1. The highest BCUT2D eigenvalue weighted by Crippen LogP contribution is 2.20. The molecule has 1 aromatic carbocycles. The van der Waals surface area contributed by atoms with E-state index in [-0.39, 0.29) is 30.1 Å². The van der Waals surface area contributed by atoms with Crippen LogP contribution in [0.1, 0.15) is 43.8 Å². The van der Waals surface area contributed by atoms with Gasteiger partial charge < -0.3 is 20.5 Å². The fourth-order valence-corrected chi connectivity index (χ4v) is 3.16. The number of aliphatic imine (C=N–C) groups is 1. The number of halogens is 1. The molecule has 3 rings (SSSR count). The second-order valence-electron chi connectivity index (χ2n) is 7.70. The number of guanidine groups is 1. The van der Waals surface area contributed by atoms with E-state index < -0.39 is 6.10 Å². The van der Waals surface area contributed by atoms with Gasteiger partial charge in [-0.25, -0.2) is 15.0 Å². The fraction of sp³-hybridized carbons (Fsp3) is 0.375. The summed E-state index contributed by atoms with van der Waals surface area (Å²) in [7, 11) is 0. The molecule has 2 heterocycles. The predicted octanol–water partition coefficient (Wildman–Crippen LogP) is 3.77. The Morgan fingerprint density at radius 3 is 2.64 bits per heavy atom. The second kappa shape index (κ2) is 13.1. The van der Waals surface area contributed by atoms with Gasteiger partial charge in [0.2, 0.25) is 0 Å².